The first-order chi connectivity index (χ1) is 8.83. The lowest BCUT2D eigenvalue weighted by molar-refractivity contribution is 0.215. The average Bonchev–Trinajstić information content (AvgIpc) is 2.84. The highest BCUT2D eigenvalue weighted by atomic mass is 127. The quantitative estimate of drug-likeness (QED) is 0.316. The molecule has 2 saturated carbocycles. The van der Waals surface area contributed by atoms with Gasteiger partial charge < -0.3 is 0 Å². The Kier molecular flexibility index (Phi) is 7.64. The number of rotatable bonds is 6. The second-order valence-corrected chi connectivity index (χ2v) is 8.53. The van der Waals surface area contributed by atoms with Crippen LogP contribution in [0.2, 0.25) is 0 Å². The van der Waals surface area contributed by atoms with Crippen molar-refractivity contribution < 1.29 is 0 Å². The Hall–Kier alpha value is 1.46. The van der Waals surface area contributed by atoms with Crippen molar-refractivity contribution in [2.45, 2.75) is 64.2 Å². The predicted octanol–water partition coefficient (Wildman–Crippen LogP) is 6.25. The summed E-state index contributed by atoms with van der Waals surface area (Å²) in [4.78, 5) is 0. The van der Waals surface area contributed by atoms with Gasteiger partial charge in [-0.1, -0.05) is 77.3 Å². The van der Waals surface area contributed by atoms with E-state index < -0.39 is 0 Å². The van der Waals surface area contributed by atoms with Gasteiger partial charge in [0.15, 0.2) is 0 Å². The summed E-state index contributed by atoms with van der Waals surface area (Å²) >= 11 is 5.15. The Labute approximate surface area is 141 Å². The summed E-state index contributed by atoms with van der Waals surface area (Å²) in [5.74, 6) is 4.34. The first-order valence-corrected chi connectivity index (χ1v) is 11.0. The number of hydrogen-bond donors (Lipinski definition) is 0. The average molecular weight is 474 g/mol. The molecular formula is C16H28I2. The zero-order valence-corrected chi connectivity index (χ0v) is 15.9. The molecule has 2 aliphatic carbocycles. The molecule has 18 heavy (non-hydrogen) atoms. The summed E-state index contributed by atoms with van der Waals surface area (Å²) in [6.45, 7) is 0. The smallest absolute Gasteiger partial charge is 0.00238 e. The van der Waals surface area contributed by atoms with Crippen LogP contribution in [0.1, 0.15) is 64.2 Å². The van der Waals surface area contributed by atoms with Crippen LogP contribution in [-0.2, 0) is 0 Å². The van der Waals surface area contributed by atoms with Crippen LogP contribution in [0.4, 0.5) is 0 Å². The van der Waals surface area contributed by atoms with Crippen LogP contribution < -0.4 is 0 Å². The summed E-state index contributed by atoms with van der Waals surface area (Å²) in [6.07, 6.45) is 15.3. The van der Waals surface area contributed by atoms with Gasteiger partial charge in [0.1, 0.15) is 0 Å². The molecule has 0 aromatic heterocycles. The Morgan fingerprint density at radius 1 is 0.833 bits per heavy atom. The van der Waals surface area contributed by atoms with Crippen molar-refractivity contribution in [3.8, 4) is 0 Å². The van der Waals surface area contributed by atoms with Gasteiger partial charge in [0, 0.05) is 4.43 Å². The van der Waals surface area contributed by atoms with E-state index in [4.69, 9.17) is 0 Å². The van der Waals surface area contributed by atoms with Crippen molar-refractivity contribution in [1.29, 1.82) is 0 Å². The summed E-state index contributed by atoms with van der Waals surface area (Å²) in [7, 11) is 0. The maximum Gasteiger partial charge on any atom is 0.00238 e. The normalized spacial score (nSPS) is 37.0. The third kappa shape index (κ3) is 4.78. The molecule has 0 bridgehead atoms. The second kappa shape index (κ2) is 8.68. The van der Waals surface area contributed by atoms with Gasteiger partial charge in [0.05, 0.1) is 0 Å². The van der Waals surface area contributed by atoms with Crippen LogP contribution in [0.25, 0.3) is 0 Å². The minimum absolute atomic E-state index is 1.05. The van der Waals surface area contributed by atoms with Crippen molar-refractivity contribution in [3.05, 3.63) is 0 Å². The van der Waals surface area contributed by atoms with Crippen LogP contribution in [0.15, 0.2) is 0 Å². The Balaban J connectivity index is 1.76. The van der Waals surface area contributed by atoms with E-state index in [9.17, 15) is 0 Å². The van der Waals surface area contributed by atoms with E-state index in [1.165, 1.54) is 41.0 Å². The molecule has 0 saturated heterocycles. The molecule has 0 aliphatic heterocycles. The first kappa shape index (κ1) is 15.8. The van der Waals surface area contributed by atoms with E-state index in [1.54, 1.807) is 32.1 Å². The van der Waals surface area contributed by atoms with E-state index in [1.807, 2.05) is 0 Å². The molecule has 2 fully saturated rings. The third-order valence-electron chi connectivity index (χ3n) is 5.27. The van der Waals surface area contributed by atoms with E-state index in [-0.39, 0.29) is 0 Å². The van der Waals surface area contributed by atoms with E-state index >= 15 is 0 Å². The molecule has 0 spiro atoms. The highest BCUT2D eigenvalue weighted by Crippen LogP contribution is 2.42. The highest BCUT2D eigenvalue weighted by Gasteiger charge is 2.30. The summed E-state index contributed by atoms with van der Waals surface area (Å²) in [5.41, 5.74) is 0. The Morgan fingerprint density at radius 3 is 2.33 bits per heavy atom. The molecule has 0 amide bonds. The molecule has 0 N–H and O–H groups in total. The number of alkyl halides is 2. The fourth-order valence-corrected chi connectivity index (χ4v) is 5.57. The SMILES string of the molecule is ICCCC1CCCC1CC1CCCC(CI)C1. The number of halogens is 2. The van der Waals surface area contributed by atoms with Crippen LogP contribution in [0, 0.1) is 23.7 Å². The van der Waals surface area contributed by atoms with Gasteiger partial charge in [0.2, 0.25) is 0 Å². The predicted molar refractivity (Wildman–Crippen MR) is 97.9 cm³/mol. The van der Waals surface area contributed by atoms with Gasteiger partial charge in [-0.15, -0.1) is 0 Å². The minimum Gasteiger partial charge on any atom is -0.0864 e. The molecular weight excluding hydrogens is 446 g/mol. The minimum atomic E-state index is 1.05. The molecule has 4 atom stereocenters. The molecule has 2 aliphatic rings. The third-order valence-corrected chi connectivity index (χ3v) is 7.28. The lowest BCUT2D eigenvalue weighted by Gasteiger charge is -2.31. The topological polar surface area (TPSA) is 0 Å². The standard InChI is InChI=1S/C16H28I2/c17-9-3-8-15-6-2-7-16(15)11-13-4-1-5-14(10-13)12-18/h13-16H,1-12H2. The van der Waals surface area contributed by atoms with Crippen LogP contribution >= 0.6 is 45.2 Å². The summed E-state index contributed by atoms with van der Waals surface area (Å²) in [5, 5.41) is 0. The second-order valence-electron chi connectivity index (χ2n) is 6.57. The summed E-state index contributed by atoms with van der Waals surface area (Å²) in [6, 6.07) is 0. The zero-order valence-electron chi connectivity index (χ0n) is 11.6. The molecule has 0 aromatic carbocycles. The molecule has 0 nitrogen and oxygen atoms in total. The van der Waals surface area contributed by atoms with Gasteiger partial charge in [0.25, 0.3) is 0 Å². The van der Waals surface area contributed by atoms with E-state index in [0.29, 0.717) is 0 Å². The van der Waals surface area contributed by atoms with E-state index in [0.717, 1.165) is 23.7 Å². The zero-order chi connectivity index (χ0) is 12.8. The lowest BCUT2D eigenvalue weighted by atomic mass is 9.75. The lowest BCUT2D eigenvalue weighted by Crippen LogP contribution is -2.20. The van der Waals surface area contributed by atoms with Gasteiger partial charge in [-0.25, -0.2) is 0 Å². The largest absolute Gasteiger partial charge is 0.0864 e. The molecule has 106 valence electrons. The first-order valence-electron chi connectivity index (χ1n) is 7.95. The molecule has 2 heteroatoms. The van der Waals surface area contributed by atoms with Crippen molar-refractivity contribution >= 4 is 45.2 Å². The van der Waals surface area contributed by atoms with Gasteiger partial charge in [-0.3, -0.25) is 0 Å². The number of hydrogen-bond acceptors (Lipinski definition) is 0. The van der Waals surface area contributed by atoms with Crippen LogP contribution in [0.3, 0.4) is 0 Å². The molecule has 0 aromatic rings. The molecule has 2 rings (SSSR count). The van der Waals surface area contributed by atoms with Crippen molar-refractivity contribution in [1.82, 2.24) is 0 Å². The van der Waals surface area contributed by atoms with Crippen molar-refractivity contribution in [3.63, 3.8) is 0 Å². The maximum atomic E-state index is 2.60. The van der Waals surface area contributed by atoms with Gasteiger partial charge in [-0.05, 0) is 60.2 Å². The highest BCUT2D eigenvalue weighted by molar-refractivity contribution is 14.1. The Bertz CT molecular complexity index is 229. The van der Waals surface area contributed by atoms with E-state index in [2.05, 4.69) is 45.2 Å². The Morgan fingerprint density at radius 2 is 1.56 bits per heavy atom. The summed E-state index contributed by atoms with van der Waals surface area (Å²) < 4.78 is 2.76. The fraction of sp³-hybridized carbons (Fsp3) is 1.00. The van der Waals surface area contributed by atoms with Crippen molar-refractivity contribution in [2.75, 3.05) is 8.86 Å². The van der Waals surface area contributed by atoms with Gasteiger partial charge >= 0.3 is 0 Å². The fourth-order valence-electron chi connectivity index (χ4n) is 4.33. The molecule has 4 unspecified atom stereocenters. The van der Waals surface area contributed by atoms with Crippen molar-refractivity contribution in [2.24, 2.45) is 23.7 Å². The maximum absolute atomic E-state index is 2.60. The van der Waals surface area contributed by atoms with Crippen LogP contribution in [0.5, 0.6) is 0 Å². The van der Waals surface area contributed by atoms with Gasteiger partial charge in [-0.2, -0.15) is 0 Å². The molecule has 0 radical (unpaired) electrons. The monoisotopic (exact) mass is 474 g/mol. The molecule has 0 heterocycles. The van der Waals surface area contributed by atoms with Crippen LogP contribution in [-0.4, -0.2) is 8.86 Å².